The van der Waals surface area contributed by atoms with E-state index in [1.807, 2.05) is 54.3 Å². The van der Waals surface area contributed by atoms with Crippen LogP contribution in [0.1, 0.15) is 33.2 Å². The van der Waals surface area contributed by atoms with Gasteiger partial charge in [-0.2, -0.15) is 0 Å². The maximum absolute atomic E-state index is 12.6. The molecule has 8 nitrogen and oxygen atoms in total. The standard InChI is InChI=1S/C23H26N6O2S/c1-17-7-2-3-8-18(17)25-22(31)23-27-26-20(32-23)10-6-11-21(30)29-15-13-28(14-16-29)19-9-4-5-12-24-19/h2-5,7-9,12H,6,10-11,13-16H2,1H3,(H,25,31). The fourth-order valence-electron chi connectivity index (χ4n) is 3.61. The van der Waals surface area contributed by atoms with Gasteiger partial charge in [-0.1, -0.05) is 35.6 Å². The number of carbonyl (C=O) groups is 2. The molecular formula is C23H26N6O2S. The lowest BCUT2D eigenvalue weighted by Crippen LogP contribution is -2.49. The van der Waals surface area contributed by atoms with Gasteiger partial charge in [-0.3, -0.25) is 9.59 Å². The van der Waals surface area contributed by atoms with Crippen molar-refractivity contribution in [1.29, 1.82) is 0 Å². The van der Waals surface area contributed by atoms with E-state index in [2.05, 4.69) is 25.4 Å². The summed E-state index contributed by atoms with van der Waals surface area (Å²) in [5.74, 6) is 0.857. The lowest BCUT2D eigenvalue weighted by Gasteiger charge is -2.35. The second-order valence-electron chi connectivity index (χ2n) is 7.68. The molecule has 1 aliphatic heterocycles. The Labute approximate surface area is 191 Å². The van der Waals surface area contributed by atoms with Crippen molar-refractivity contribution in [1.82, 2.24) is 20.1 Å². The highest BCUT2D eigenvalue weighted by Gasteiger charge is 2.21. The van der Waals surface area contributed by atoms with Crippen molar-refractivity contribution in [3.05, 3.63) is 64.2 Å². The Kier molecular flexibility index (Phi) is 7.06. The van der Waals surface area contributed by atoms with E-state index < -0.39 is 0 Å². The van der Waals surface area contributed by atoms with Gasteiger partial charge < -0.3 is 15.1 Å². The predicted molar refractivity (Wildman–Crippen MR) is 125 cm³/mol. The van der Waals surface area contributed by atoms with Gasteiger partial charge in [0.05, 0.1) is 0 Å². The van der Waals surface area contributed by atoms with Crippen molar-refractivity contribution in [3.8, 4) is 0 Å². The van der Waals surface area contributed by atoms with Gasteiger partial charge in [-0.25, -0.2) is 4.98 Å². The highest BCUT2D eigenvalue weighted by Crippen LogP contribution is 2.18. The quantitative estimate of drug-likeness (QED) is 0.595. The molecule has 0 bridgehead atoms. The molecule has 3 aromatic rings. The number of pyridine rings is 1. The van der Waals surface area contributed by atoms with E-state index >= 15 is 0 Å². The number of piperazine rings is 1. The monoisotopic (exact) mass is 450 g/mol. The van der Waals surface area contributed by atoms with E-state index in [9.17, 15) is 9.59 Å². The van der Waals surface area contributed by atoms with Gasteiger partial charge in [0, 0.05) is 50.9 Å². The normalized spacial score (nSPS) is 13.8. The fraction of sp³-hybridized carbons (Fsp3) is 0.348. The first-order chi connectivity index (χ1) is 15.6. The van der Waals surface area contributed by atoms with Crippen LogP contribution in [0.15, 0.2) is 48.7 Å². The number of benzene rings is 1. The summed E-state index contributed by atoms with van der Waals surface area (Å²) in [7, 11) is 0. The molecule has 1 saturated heterocycles. The van der Waals surface area contributed by atoms with Crippen LogP contribution < -0.4 is 10.2 Å². The van der Waals surface area contributed by atoms with Crippen molar-refractivity contribution >= 4 is 34.7 Å². The van der Waals surface area contributed by atoms with E-state index in [0.717, 1.165) is 35.2 Å². The minimum absolute atomic E-state index is 0.160. The zero-order valence-electron chi connectivity index (χ0n) is 18.0. The zero-order valence-corrected chi connectivity index (χ0v) is 18.8. The number of hydrogen-bond donors (Lipinski definition) is 1. The zero-order chi connectivity index (χ0) is 22.3. The molecule has 1 aromatic carbocycles. The molecule has 2 aromatic heterocycles. The molecule has 0 atom stereocenters. The van der Waals surface area contributed by atoms with Crippen LogP contribution in [0, 0.1) is 6.92 Å². The number of aromatic nitrogens is 3. The van der Waals surface area contributed by atoms with Crippen LogP contribution in [0.5, 0.6) is 0 Å². The summed E-state index contributed by atoms with van der Waals surface area (Å²) in [6.07, 6.45) is 3.58. The molecule has 0 unspecified atom stereocenters. The topological polar surface area (TPSA) is 91.3 Å². The maximum Gasteiger partial charge on any atom is 0.286 e. The molecule has 32 heavy (non-hydrogen) atoms. The lowest BCUT2D eigenvalue weighted by molar-refractivity contribution is -0.131. The lowest BCUT2D eigenvalue weighted by atomic mass is 10.2. The molecule has 0 saturated carbocycles. The number of nitrogens with zero attached hydrogens (tertiary/aromatic N) is 5. The van der Waals surface area contributed by atoms with E-state index in [-0.39, 0.29) is 11.8 Å². The highest BCUT2D eigenvalue weighted by atomic mass is 32.1. The van der Waals surface area contributed by atoms with E-state index in [1.54, 1.807) is 6.20 Å². The molecule has 4 rings (SSSR count). The summed E-state index contributed by atoms with van der Waals surface area (Å²) in [6.45, 7) is 4.93. The van der Waals surface area contributed by atoms with Crippen molar-refractivity contribution < 1.29 is 9.59 Å². The Hall–Kier alpha value is -3.33. The summed E-state index contributed by atoms with van der Waals surface area (Å²) >= 11 is 1.28. The number of carbonyl (C=O) groups excluding carboxylic acids is 2. The molecular weight excluding hydrogens is 424 g/mol. The summed E-state index contributed by atoms with van der Waals surface area (Å²) in [5, 5.41) is 12.1. The van der Waals surface area contributed by atoms with Gasteiger partial charge in [-0.15, -0.1) is 10.2 Å². The van der Waals surface area contributed by atoms with Crippen LogP contribution in [0.25, 0.3) is 0 Å². The average molecular weight is 451 g/mol. The molecule has 0 aliphatic carbocycles. The van der Waals surface area contributed by atoms with E-state index in [4.69, 9.17) is 0 Å². The SMILES string of the molecule is Cc1ccccc1NC(=O)c1nnc(CCCC(=O)N2CCN(c3ccccn3)CC2)s1. The largest absolute Gasteiger partial charge is 0.353 e. The third kappa shape index (κ3) is 5.47. The van der Waals surface area contributed by atoms with Crippen LogP contribution in [-0.4, -0.2) is 58.1 Å². The van der Waals surface area contributed by atoms with Gasteiger partial charge in [0.2, 0.25) is 10.9 Å². The van der Waals surface area contributed by atoms with Crippen LogP contribution in [0.2, 0.25) is 0 Å². The molecule has 1 fully saturated rings. The smallest absolute Gasteiger partial charge is 0.286 e. The van der Waals surface area contributed by atoms with Gasteiger partial charge >= 0.3 is 0 Å². The van der Waals surface area contributed by atoms with Gasteiger partial charge in [0.15, 0.2) is 0 Å². The predicted octanol–water partition coefficient (Wildman–Crippen LogP) is 3.17. The Morgan fingerprint density at radius 3 is 2.56 bits per heavy atom. The summed E-state index contributed by atoms with van der Waals surface area (Å²) in [5.41, 5.74) is 1.76. The molecule has 0 spiro atoms. The summed E-state index contributed by atoms with van der Waals surface area (Å²) in [4.78, 5) is 33.5. The second kappa shape index (κ2) is 10.3. The Bertz CT molecular complexity index is 1060. The number of para-hydroxylation sites is 1. The Balaban J connectivity index is 1.20. The van der Waals surface area contributed by atoms with Crippen LogP contribution in [-0.2, 0) is 11.2 Å². The summed E-state index contributed by atoms with van der Waals surface area (Å²) < 4.78 is 0. The maximum atomic E-state index is 12.6. The minimum Gasteiger partial charge on any atom is -0.353 e. The Morgan fingerprint density at radius 1 is 1.03 bits per heavy atom. The number of nitrogens with one attached hydrogen (secondary N) is 1. The third-order valence-corrected chi connectivity index (χ3v) is 6.42. The number of amides is 2. The van der Waals surface area contributed by atoms with Crippen molar-refractivity contribution in [2.24, 2.45) is 0 Å². The number of anilines is 2. The second-order valence-corrected chi connectivity index (χ2v) is 8.74. The van der Waals surface area contributed by atoms with Crippen LogP contribution in [0.4, 0.5) is 11.5 Å². The summed E-state index contributed by atoms with van der Waals surface area (Å²) in [6, 6.07) is 13.5. The minimum atomic E-state index is -0.259. The van der Waals surface area contributed by atoms with Gasteiger partial charge in [0.1, 0.15) is 10.8 Å². The third-order valence-electron chi connectivity index (χ3n) is 5.44. The Morgan fingerprint density at radius 2 is 1.81 bits per heavy atom. The first kappa shape index (κ1) is 21.9. The number of aryl methyl sites for hydroxylation is 2. The fourth-order valence-corrected chi connectivity index (χ4v) is 4.39. The van der Waals surface area contributed by atoms with E-state index in [0.29, 0.717) is 37.4 Å². The molecule has 3 heterocycles. The molecule has 1 N–H and O–H groups in total. The molecule has 2 amide bonds. The van der Waals surface area contributed by atoms with E-state index in [1.165, 1.54) is 11.3 Å². The average Bonchev–Trinajstić information content (AvgIpc) is 3.30. The first-order valence-electron chi connectivity index (χ1n) is 10.7. The molecule has 1 aliphatic rings. The van der Waals surface area contributed by atoms with Gasteiger partial charge in [-0.05, 0) is 37.1 Å². The van der Waals surface area contributed by atoms with Crippen LogP contribution in [0.3, 0.4) is 0 Å². The number of hydrogen-bond acceptors (Lipinski definition) is 7. The van der Waals surface area contributed by atoms with Crippen molar-refractivity contribution in [2.45, 2.75) is 26.2 Å². The van der Waals surface area contributed by atoms with Crippen LogP contribution >= 0.6 is 11.3 Å². The molecule has 9 heteroatoms. The van der Waals surface area contributed by atoms with Crippen molar-refractivity contribution in [2.75, 3.05) is 36.4 Å². The molecule has 0 radical (unpaired) electrons. The van der Waals surface area contributed by atoms with Gasteiger partial charge in [0.25, 0.3) is 5.91 Å². The highest BCUT2D eigenvalue weighted by molar-refractivity contribution is 7.13. The molecule has 166 valence electrons. The van der Waals surface area contributed by atoms with Crippen molar-refractivity contribution in [3.63, 3.8) is 0 Å². The first-order valence-corrected chi connectivity index (χ1v) is 11.5. The number of rotatable bonds is 7.